The maximum absolute atomic E-state index is 13.1. The molecule has 3 nitrogen and oxygen atoms in total. The molecular formula is C17H18FNO2. The maximum Gasteiger partial charge on any atom is 0.265 e. The van der Waals surface area contributed by atoms with E-state index in [2.05, 4.69) is 5.32 Å². The molecule has 0 heterocycles. The lowest BCUT2D eigenvalue weighted by Crippen LogP contribution is -2.30. The number of hydrogen-bond donors (Lipinski definition) is 1. The fourth-order valence-corrected chi connectivity index (χ4v) is 2.03. The van der Waals surface area contributed by atoms with Crippen LogP contribution >= 0.6 is 0 Å². The summed E-state index contributed by atoms with van der Waals surface area (Å²) in [7, 11) is 0. The van der Waals surface area contributed by atoms with Crippen LogP contribution in [-0.4, -0.2) is 12.0 Å². The standard InChI is InChI=1S/C17H18FNO2/c1-11-6-4-7-12(2)16(11)19-17(20)13(3)21-15-9-5-8-14(18)10-15/h4-10,13H,1-3H3,(H,19,20)/t13-/m1/s1. The second kappa shape index (κ2) is 6.39. The molecule has 1 atom stereocenters. The Morgan fingerprint density at radius 2 is 1.76 bits per heavy atom. The number of carbonyl (C=O) groups is 1. The van der Waals surface area contributed by atoms with Crippen molar-refractivity contribution in [3.8, 4) is 5.75 Å². The molecule has 0 aromatic heterocycles. The van der Waals surface area contributed by atoms with E-state index in [1.54, 1.807) is 19.1 Å². The Kier molecular flexibility index (Phi) is 4.58. The minimum Gasteiger partial charge on any atom is -0.481 e. The number of anilines is 1. The highest BCUT2D eigenvalue weighted by Gasteiger charge is 2.16. The van der Waals surface area contributed by atoms with Gasteiger partial charge >= 0.3 is 0 Å². The zero-order valence-electron chi connectivity index (χ0n) is 12.3. The van der Waals surface area contributed by atoms with Crippen LogP contribution in [0.3, 0.4) is 0 Å². The third-order valence-corrected chi connectivity index (χ3v) is 3.21. The molecule has 0 saturated heterocycles. The normalized spacial score (nSPS) is 11.8. The van der Waals surface area contributed by atoms with Gasteiger partial charge in [0.2, 0.25) is 0 Å². The Balaban J connectivity index is 2.06. The molecule has 2 aromatic rings. The summed E-state index contributed by atoms with van der Waals surface area (Å²) in [6.07, 6.45) is -0.717. The highest BCUT2D eigenvalue weighted by atomic mass is 19.1. The van der Waals surface area contributed by atoms with Crippen molar-refractivity contribution >= 4 is 11.6 Å². The van der Waals surface area contributed by atoms with Crippen molar-refractivity contribution in [3.05, 3.63) is 59.4 Å². The van der Waals surface area contributed by atoms with E-state index in [0.717, 1.165) is 16.8 Å². The van der Waals surface area contributed by atoms with Crippen molar-refractivity contribution in [2.45, 2.75) is 26.9 Å². The summed E-state index contributed by atoms with van der Waals surface area (Å²) in [6, 6.07) is 11.5. The molecule has 4 heteroatoms. The summed E-state index contributed by atoms with van der Waals surface area (Å²) in [5, 5.41) is 2.86. The summed E-state index contributed by atoms with van der Waals surface area (Å²) < 4.78 is 18.5. The van der Waals surface area contributed by atoms with Gasteiger partial charge < -0.3 is 10.1 Å². The van der Waals surface area contributed by atoms with E-state index in [1.807, 2.05) is 32.0 Å². The molecule has 0 spiro atoms. The van der Waals surface area contributed by atoms with Gasteiger partial charge in [-0.15, -0.1) is 0 Å². The number of amides is 1. The molecule has 110 valence electrons. The van der Waals surface area contributed by atoms with Gasteiger partial charge in [-0.25, -0.2) is 4.39 Å². The minimum absolute atomic E-state index is 0.267. The lowest BCUT2D eigenvalue weighted by atomic mass is 10.1. The van der Waals surface area contributed by atoms with Gasteiger partial charge in [0, 0.05) is 11.8 Å². The average molecular weight is 287 g/mol. The number of nitrogens with one attached hydrogen (secondary N) is 1. The van der Waals surface area contributed by atoms with Crippen molar-refractivity contribution in [2.24, 2.45) is 0 Å². The number of hydrogen-bond acceptors (Lipinski definition) is 2. The first-order valence-electron chi connectivity index (χ1n) is 6.76. The zero-order chi connectivity index (χ0) is 15.4. The molecule has 2 rings (SSSR count). The third-order valence-electron chi connectivity index (χ3n) is 3.21. The van der Waals surface area contributed by atoms with E-state index in [1.165, 1.54) is 12.1 Å². The monoisotopic (exact) mass is 287 g/mol. The number of rotatable bonds is 4. The van der Waals surface area contributed by atoms with Gasteiger partial charge in [-0.1, -0.05) is 24.3 Å². The van der Waals surface area contributed by atoms with Crippen LogP contribution in [0, 0.1) is 19.7 Å². The fourth-order valence-electron chi connectivity index (χ4n) is 2.03. The fraction of sp³-hybridized carbons (Fsp3) is 0.235. The molecule has 0 aliphatic heterocycles. The Labute approximate surface area is 123 Å². The molecule has 0 fully saturated rings. The van der Waals surface area contributed by atoms with E-state index >= 15 is 0 Å². The van der Waals surface area contributed by atoms with E-state index in [4.69, 9.17) is 4.74 Å². The van der Waals surface area contributed by atoms with Crippen molar-refractivity contribution in [1.82, 2.24) is 0 Å². The number of carbonyl (C=O) groups excluding carboxylic acids is 1. The topological polar surface area (TPSA) is 38.3 Å². The van der Waals surface area contributed by atoms with Crippen LogP contribution in [0.4, 0.5) is 10.1 Å². The first-order valence-corrected chi connectivity index (χ1v) is 6.76. The molecule has 2 aromatic carbocycles. The van der Waals surface area contributed by atoms with Gasteiger partial charge in [-0.2, -0.15) is 0 Å². The minimum atomic E-state index is -0.717. The van der Waals surface area contributed by atoms with Crippen molar-refractivity contribution in [2.75, 3.05) is 5.32 Å². The van der Waals surface area contributed by atoms with Crippen LogP contribution < -0.4 is 10.1 Å². The van der Waals surface area contributed by atoms with Crippen LogP contribution in [0.15, 0.2) is 42.5 Å². The highest BCUT2D eigenvalue weighted by molar-refractivity contribution is 5.95. The van der Waals surface area contributed by atoms with Crippen molar-refractivity contribution in [3.63, 3.8) is 0 Å². The van der Waals surface area contributed by atoms with Gasteiger partial charge in [-0.05, 0) is 44.0 Å². The predicted octanol–water partition coefficient (Wildman–Crippen LogP) is 3.85. The van der Waals surface area contributed by atoms with E-state index in [0.29, 0.717) is 5.75 Å². The Hall–Kier alpha value is -2.36. The quantitative estimate of drug-likeness (QED) is 0.927. The van der Waals surface area contributed by atoms with Gasteiger partial charge in [0.1, 0.15) is 11.6 Å². The van der Waals surface area contributed by atoms with Gasteiger partial charge in [0.15, 0.2) is 6.10 Å². The number of ether oxygens (including phenoxy) is 1. The van der Waals surface area contributed by atoms with Crippen molar-refractivity contribution in [1.29, 1.82) is 0 Å². The van der Waals surface area contributed by atoms with Crippen molar-refractivity contribution < 1.29 is 13.9 Å². The molecule has 1 amide bonds. The molecule has 21 heavy (non-hydrogen) atoms. The number of halogens is 1. The van der Waals surface area contributed by atoms with E-state index in [9.17, 15) is 9.18 Å². The van der Waals surface area contributed by atoms with E-state index < -0.39 is 11.9 Å². The average Bonchev–Trinajstić information content (AvgIpc) is 2.43. The zero-order valence-corrected chi connectivity index (χ0v) is 12.3. The Bertz CT molecular complexity index is 635. The molecule has 0 unspecified atom stereocenters. The largest absolute Gasteiger partial charge is 0.481 e. The summed E-state index contributed by atoms with van der Waals surface area (Å²) in [5.41, 5.74) is 2.76. The molecular weight excluding hydrogens is 269 g/mol. The summed E-state index contributed by atoms with van der Waals surface area (Å²) in [5.74, 6) is -0.328. The number of para-hydroxylation sites is 1. The smallest absolute Gasteiger partial charge is 0.265 e. The molecule has 0 aliphatic rings. The maximum atomic E-state index is 13.1. The molecule has 0 radical (unpaired) electrons. The second-order valence-corrected chi connectivity index (χ2v) is 4.97. The van der Waals surface area contributed by atoms with Crippen LogP contribution in [0.2, 0.25) is 0 Å². The summed E-state index contributed by atoms with van der Waals surface area (Å²) in [6.45, 7) is 5.50. The predicted molar refractivity (Wildman–Crippen MR) is 81.0 cm³/mol. The van der Waals surface area contributed by atoms with Crippen LogP contribution in [-0.2, 0) is 4.79 Å². The van der Waals surface area contributed by atoms with Crippen LogP contribution in [0.25, 0.3) is 0 Å². The lowest BCUT2D eigenvalue weighted by Gasteiger charge is -2.17. The molecule has 0 saturated carbocycles. The second-order valence-electron chi connectivity index (χ2n) is 4.97. The Morgan fingerprint density at radius 1 is 1.14 bits per heavy atom. The Morgan fingerprint density at radius 3 is 2.38 bits per heavy atom. The highest BCUT2D eigenvalue weighted by Crippen LogP contribution is 2.20. The molecule has 1 N–H and O–H groups in total. The molecule has 0 aliphatic carbocycles. The third kappa shape index (κ3) is 3.81. The first-order chi connectivity index (χ1) is 9.97. The van der Waals surface area contributed by atoms with Gasteiger partial charge in [0.05, 0.1) is 0 Å². The lowest BCUT2D eigenvalue weighted by molar-refractivity contribution is -0.122. The van der Waals surface area contributed by atoms with Crippen LogP contribution in [0.1, 0.15) is 18.1 Å². The number of benzene rings is 2. The summed E-state index contributed by atoms with van der Waals surface area (Å²) >= 11 is 0. The van der Waals surface area contributed by atoms with Gasteiger partial charge in [-0.3, -0.25) is 4.79 Å². The number of aryl methyl sites for hydroxylation is 2. The SMILES string of the molecule is Cc1cccc(C)c1NC(=O)[C@@H](C)Oc1cccc(F)c1. The summed E-state index contributed by atoms with van der Waals surface area (Å²) in [4.78, 5) is 12.2. The van der Waals surface area contributed by atoms with Gasteiger partial charge in [0.25, 0.3) is 5.91 Å². The first kappa shape index (κ1) is 15.0. The van der Waals surface area contributed by atoms with Crippen LogP contribution in [0.5, 0.6) is 5.75 Å². The molecule has 0 bridgehead atoms. The van der Waals surface area contributed by atoms with E-state index in [-0.39, 0.29) is 5.91 Å².